The summed E-state index contributed by atoms with van der Waals surface area (Å²) in [4.78, 5) is 37.3. The predicted octanol–water partition coefficient (Wildman–Crippen LogP) is -9.34. The van der Waals surface area contributed by atoms with Crippen molar-refractivity contribution in [3.05, 3.63) is 0 Å². The van der Waals surface area contributed by atoms with Crippen molar-refractivity contribution < 1.29 is 168 Å². The molecule has 0 aromatic rings. The summed E-state index contributed by atoms with van der Waals surface area (Å²) in [6, 6.07) is 0. The van der Waals surface area contributed by atoms with E-state index in [1.807, 2.05) is 0 Å². The van der Waals surface area contributed by atoms with Crippen LogP contribution in [0.4, 0.5) is 0 Å². The fourth-order valence-electron chi connectivity index (χ4n) is 0.122. The molecule has 0 rings (SSSR count). The van der Waals surface area contributed by atoms with Gasteiger partial charge < -0.3 is 33.0 Å². The van der Waals surface area contributed by atoms with Gasteiger partial charge in [0.15, 0.2) is 0 Å². The molecule has 0 fully saturated rings. The monoisotopic (exact) mass is 489 g/mol. The van der Waals surface area contributed by atoms with E-state index in [0.717, 1.165) is 0 Å². The van der Waals surface area contributed by atoms with E-state index in [4.69, 9.17) is 0 Å². The van der Waals surface area contributed by atoms with Crippen molar-refractivity contribution in [3.8, 4) is 0 Å². The molecule has 0 aromatic carbocycles. The molecule has 0 N–H and O–H groups in total. The number of hydrogen-bond donors (Lipinski definition) is 0. The van der Waals surface area contributed by atoms with Gasteiger partial charge in [0.2, 0.25) is 0 Å². The summed E-state index contributed by atoms with van der Waals surface area (Å²) < 4.78 is 21.2. The van der Waals surface area contributed by atoms with E-state index in [9.17, 15) is 28.7 Å². The van der Waals surface area contributed by atoms with Gasteiger partial charge >= 0.3 is 135 Å². The molecule has 0 saturated carbocycles. The fourth-order valence-corrected chi connectivity index (χ4v) is 1.10. The molecule has 16 heteroatoms. The van der Waals surface area contributed by atoms with Gasteiger partial charge in [0.1, 0.15) is 0 Å². The molecular formula is Fe2MnNa2O7P2V2. The summed E-state index contributed by atoms with van der Waals surface area (Å²) in [5.74, 6) is 0. The summed E-state index contributed by atoms with van der Waals surface area (Å²) in [6.45, 7) is 0. The van der Waals surface area contributed by atoms with Crippen molar-refractivity contribution >= 4 is 15.6 Å². The first kappa shape index (κ1) is 37.3. The van der Waals surface area contributed by atoms with Crippen molar-refractivity contribution in [2.75, 3.05) is 0 Å². The van der Waals surface area contributed by atoms with Gasteiger partial charge in [0, 0.05) is 0 Å². The summed E-state index contributed by atoms with van der Waals surface area (Å²) in [5.41, 5.74) is 0. The van der Waals surface area contributed by atoms with Gasteiger partial charge in [0.25, 0.3) is 0 Å². The number of phosphoric acid groups is 2. The molecule has 16 heavy (non-hydrogen) atoms. The van der Waals surface area contributed by atoms with Crippen molar-refractivity contribution in [1.29, 1.82) is 0 Å². The Morgan fingerprint density at radius 2 is 0.938 bits per heavy atom. The third-order valence-electron chi connectivity index (χ3n) is 0.200. The minimum absolute atomic E-state index is 0. The summed E-state index contributed by atoms with van der Waals surface area (Å²) >= 11 is 10.5. The SMILES string of the molecule is O=P([O-])([O-])OP(=O)([O-])[O-].[Mn+2].[Na+].[Na+].[V][Fe].[V][Fe]. The van der Waals surface area contributed by atoms with Crippen molar-refractivity contribution in [2.45, 2.75) is 0 Å². The van der Waals surface area contributed by atoms with Crippen LogP contribution >= 0.6 is 15.6 Å². The molecule has 7 nitrogen and oxygen atoms in total. The second-order valence-corrected chi connectivity index (χ2v) is 3.42. The molecule has 0 aromatic heterocycles. The fraction of sp³-hybridized carbons (Fsp3) is 0. The molecule has 0 saturated heterocycles. The van der Waals surface area contributed by atoms with E-state index in [1.165, 1.54) is 0 Å². The first-order valence-corrected chi connectivity index (χ1v) is 9.76. The van der Waals surface area contributed by atoms with Crippen LogP contribution in [0, 0.1) is 0 Å². The van der Waals surface area contributed by atoms with E-state index in [-0.39, 0.29) is 76.2 Å². The van der Waals surface area contributed by atoms with Crippen molar-refractivity contribution in [1.82, 2.24) is 0 Å². The molecule has 0 atom stereocenters. The second-order valence-electron chi connectivity index (χ2n) is 0.976. The molecule has 0 unspecified atom stereocenters. The molecule has 0 bridgehead atoms. The molecule has 0 aliphatic heterocycles. The van der Waals surface area contributed by atoms with Gasteiger partial charge in [-0.25, -0.2) is 0 Å². The second kappa shape index (κ2) is 22.3. The molecule has 0 amide bonds. The van der Waals surface area contributed by atoms with Crippen molar-refractivity contribution in [3.63, 3.8) is 0 Å². The Morgan fingerprint density at radius 1 is 0.812 bits per heavy atom. The van der Waals surface area contributed by atoms with Crippen molar-refractivity contribution in [2.24, 2.45) is 0 Å². The summed E-state index contributed by atoms with van der Waals surface area (Å²) in [5, 5.41) is 0. The van der Waals surface area contributed by atoms with Gasteiger partial charge in [0.05, 0.1) is 15.6 Å². The van der Waals surface area contributed by atoms with E-state index < -0.39 is 15.6 Å². The Kier molecular flexibility index (Phi) is 52.0. The van der Waals surface area contributed by atoms with Gasteiger partial charge in [-0.3, -0.25) is 0 Å². The molecule has 0 heterocycles. The molecule has 0 aliphatic rings. The predicted molar refractivity (Wildman–Crippen MR) is 16.3 cm³/mol. The summed E-state index contributed by atoms with van der Waals surface area (Å²) in [6.07, 6.45) is 0. The van der Waals surface area contributed by atoms with Gasteiger partial charge in [-0.2, -0.15) is 0 Å². The van der Waals surface area contributed by atoms with Crippen LogP contribution in [0.1, 0.15) is 0 Å². The van der Waals surface area contributed by atoms with Gasteiger partial charge in [-0.05, 0) is 0 Å². The molecule has 0 aliphatic carbocycles. The van der Waals surface area contributed by atoms with Crippen LogP contribution in [-0.4, -0.2) is 0 Å². The Hall–Kier alpha value is 4.99. The van der Waals surface area contributed by atoms with Crippen LogP contribution in [0.5, 0.6) is 0 Å². The van der Waals surface area contributed by atoms with E-state index in [0.29, 0.717) is 0 Å². The molecule has 87 valence electrons. The average molecular weight is 488 g/mol. The zero-order valence-corrected chi connectivity index (χ0v) is 19.7. The molecule has 0 spiro atoms. The van der Waals surface area contributed by atoms with E-state index in [1.54, 1.807) is 0 Å². The van der Waals surface area contributed by atoms with E-state index in [2.05, 4.69) is 63.1 Å². The number of hydrogen-bond acceptors (Lipinski definition) is 7. The Labute approximate surface area is 180 Å². The molecule has 1 radical (unpaired) electrons. The quantitative estimate of drug-likeness (QED) is 0.278. The third-order valence-corrected chi connectivity index (χ3v) is 1.80. The van der Waals surface area contributed by atoms with Crippen LogP contribution in [0.2, 0.25) is 0 Å². The molecular weight excluding hydrogens is 488 g/mol. The van der Waals surface area contributed by atoms with Crippen LogP contribution < -0.4 is 78.7 Å². The maximum atomic E-state index is 9.32. The first-order valence-electron chi connectivity index (χ1n) is 1.78. The first-order chi connectivity index (χ1) is 5.71. The Bertz CT molecular complexity index is 177. The minimum atomic E-state index is -5.68. The Balaban J connectivity index is -0.0000000321. The summed E-state index contributed by atoms with van der Waals surface area (Å²) in [7, 11) is -11.4. The van der Waals surface area contributed by atoms with Crippen LogP contribution in [0.15, 0.2) is 0 Å². The van der Waals surface area contributed by atoms with Crippen LogP contribution in [-0.2, 0) is 89.3 Å². The Morgan fingerprint density at radius 3 is 0.938 bits per heavy atom. The van der Waals surface area contributed by atoms with Crippen LogP contribution in [0.3, 0.4) is 0 Å². The average Bonchev–Trinajstić information content (AvgIpc) is 1.88. The topological polar surface area (TPSA) is 136 Å². The zero-order chi connectivity index (χ0) is 11.7. The van der Waals surface area contributed by atoms with Crippen LogP contribution in [0.25, 0.3) is 0 Å². The van der Waals surface area contributed by atoms with E-state index >= 15 is 0 Å². The van der Waals surface area contributed by atoms with Gasteiger partial charge in [-0.1, -0.05) is 0 Å². The van der Waals surface area contributed by atoms with Gasteiger partial charge in [-0.15, -0.1) is 0 Å². The third kappa shape index (κ3) is 50.9. The maximum absolute atomic E-state index is 9.32. The normalized spacial score (nSPS) is 8.38. The number of rotatable bonds is 2. The standard InChI is InChI=1S/2Fe.Mn.2Na.H4O7P2.2V/c;;;;;1-8(2,3)7-9(4,5)6;;/h;;;;;(H2,1,2,3)(H2,4,5,6);;/q;;+2;2*+1;;;/p-4. The zero-order valence-electron chi connectivity index (χ0n) is 7.73.